The fourth-order valence-corrected chi connectivity index (χ4v) is 5.01. The molecule has 1 atom stereocenters. The molecule has 0 aliphatic carbocycles. The first-order valence-corrected chi connectivity index (χ1v) is 11.0. The zero-order chi connectivity index (χ0) is 21.9. The van der Waals surface area contributed by atoms with Gasteiger partial charge in [0.1, 0.15) is 6.04 Å². The molecule has 1 aliphatic heterocycles. The van der Waals surface area contributed by atoms with Gasteiger partial charge >= 0.3 is 5.69 Å². The number of halogens is 2. The van der Waals surface area contributed by atoms with Gasteiger partial charge < -0.3 is 5.32 Å². The van der Waals surface area contributed by atoms with Gasteiger partial charge in [-0.05, 0) is 55.2 Å². The number of rotatable bonds is 6. The molecule has 1 aliphatic rings. The molecule has 3 rings (SSSR count). The van der Waals surface area contributed by atoms with E-state index >= 15 is 0 Å². The minimum absolute atomic E-state index is 0.0689. The molecule has 1 fully saturated rings. The van der Waals surface area contributed by atoms with Crippen LogP contribution in [0.4, 0.5) is 10.1 Å². The molecule has 1 amide bonds. The summed E-state index contributed by atoms with van der Waals surface area (Å²) >= 11 is 5.85. The standard InChI is InChI=1S/C19H19ClFN3O5S/c20-14-5-7-15(8-6-14)30(28,29)23(17-3-1-2-10-22-19(17)25)12-13-4-9-16(21)18(11-13)24(26)27/h4-9,11,17H,1-3,10,12H2,(H,22,25)/t17-/m1/s1. The van der Waals surface area contributed by atoms with E-state index < -0.39 is 38.4 Å². The lowest BCUT2D eigenvalue weighted by molar-refractivity contribution is -0.387. The maximum Gasteiger partial charge on any atom is 0.305 e. The number of nitro groups is 1. The van der Waals surface area contributed by atoms with Gasteiger partial charge in [-0.1, -0.05) is 17.7 Å². The number of amides is 1. The van der Waals surface area contributed by atoms with Crippen LogP contribution in [-0.4, -0.2) is 36.1 Å². The highest BCUT2D eigenvalue weighted by atomic mass is 35.5. The van der Waals surface area contributed by atoms with Crippen LogP contribution in [0, 0.1) is 15.9 Å². The first-order valence-electron chi connectivity index (χ1n) is 9.18. The summed E-state index contributed by atoms with van der Waals surface area (Å²) in [7, 11) is -4.16. The summed E-state index contributed by atoms with van der Waals surface area (Å²) in [4.78, 5) is 22.7. The molecule has 1 N–H and O–H groups in total. The Morgan fingerprint density at radius 3 is 2.57 bits per heavy atom. The summed E-state index contributed by atoms with van der Waals surface area (Å²) in [6, 6.07) is 7.64. The van der Waals surface area contributed by atoms with Gasteiger partial charge in [-0.15, -0.1) is 0 Å². The largest absolute Gasteiger partial charge is 0.355 e. The van der Waals surface area contributed by atoms with Crippen molar-refractivity contribution in [3.05, 3.63) is 69.0 Å². The van der Waals surface area contributed by atoms with Crippen LogP contribution >= 0.6 is 11.6 Å². The van der Waals surface area contributed by atoms with Crippen molar-refractivity contribution in [3.8, 4) is 0 Å². The van der Waals surface area contributed by atoms with Gasteiger partial charge in [0.25, 0.3) is 0 Å². The second kappa shape index (κ2) is 9.07. The lowest BCUT2D eigenvalue weighted by Crippen LogP contribution is -2.48. The van der Waals surface area contributed by atoms with Crippen LogP contribution in [0.1, 0.15) is 24.8 Å². The molecule has 1 saturated heterocycles. The summed E-state index contributed by atoms with van der Waals surface area (Å²) < 4.78 is 41.5. The normalized spacial score (nSPS) is 17.4. The van der Waals surface area contributed by atoms with Crippen LogP contribution in [0.25, 0.3) is 0 Å². The number of hydrogen-bond donors (Lipinski definition) is 1. The van der Waals surface area contributed by atoms with Gasteiger partial charge in [-0.3, -0.25) is 14.9 Å². The predicted octanol–water partition coefficient (Wildman–Crippen LogP) is 3.25. The summed E-state index contributed by atoms with van der Waals surface area (Å²) in [6.07, 6.45) is 1.63. The van der Waals surface area contributed by atoms with Crippen molar-refractivity contribution < 1.29 is 22.5 Å². The Bertz CT molecular complexity index is 1060. The molecule has 0 radical (unpaired) electrons. The van der Waals surface area contributed by atoms with Crippen molar-refractivity contribution >= 4 is 33.2 Å². The Balaban J connectivity index is 2.05. The number of nitrogens with zero attached hydrogens (tertiary/aromatic N) is 2. The van der Waals surface area contributed by atoms with E-state index in [1.54, 1.807) is 0 Å². The maximum absolute atomic E-state index is 13.7. The van der Waals surface area contributed by atoms with Crippen molar-refractivity contribution in [3.63, 3.8) is 0 Å². The molecule has 0 saturated carbocycles. The monoisotopic (exact) mass is 455 g/mol. The molecular weight excluding hydrogens is 437 g/mol. The number of sulfonamides is 1. The van der Waals surface area contributed by atoms with Crippen LogP contribution in [0.5, 0.6) is 0 Å². The van der Waals surface area contributed by atoms with Crippen LogP contribution in [0.3, 0.4) is 0 Å². The Hall–Kier alpha value is -2.56. The number of carbonyl (C=O) groups excluding carboxylic acids is 1. The maximum atomic E-state index is 13.7. The van der Waals surface area contributed by atoms with Gasteiger partial charge in [-0.2, -0.15) is 8.70 Å². The highest BCUT2D eigenvalue weighted by Gasteiger charge is 2.36. The molecule has 11 heteroatoms. The average Bonchev–Trinajstić information content (AvgIpc) is 2.91. The first-order chi connectivity index (χ1) is 14.2. The molecule has 0 bridgehead atoms. The van der Waals surface area contributed by atoms with Gasteiger partial charge in [0.2, 0.25) is 21.7 Å². The molecule has 8 nitrogen and oxygen atoms in total. The third-order valence-electron chi connectivity index (χ3n) is 4.82. The average molecular weight is 456 g/mol. The van der Waals surface area contributed by atoms with Crippen molar-refractivity contribution in [2.24, 2.45) is 0 Å². The predicted molar refractivity (Wildman–Crippen MR) is 108 cm³/mol. The Morgan fingerprint density at radius 1 is 1.20 bits per heavy atom. The minimum atomic E-state index is -4.16. The van der Waals surface area contributed by atoms with E-state index in [2.05, 4.69) is 5.32 Å². The van der Waals surface area contributed by atoms with E-state index in [9.17, 15) is 27.7 Å². The third kappa shape index (κ3) is 4.77. The quantitative estimate of drug-likeness (QED) is 0.531. The zero-order valence-electron chi connectivity index (χ0n) is 15.8. The Labute approximate surface area is 177 Å². The number of benzene rings is 2. The molecule has 0 aromatic heterocycles. The molecule has 2 aromatic rings. The third-order valence-corrected chi connectivity index (χ3v) is 6.94. The van der Waals surface area contributed by atoms with E-state index in [0.29, 0.717) is 30.8 Å². The molecular formula is C19H19ClFN3O5S. The van der Waals surface area contributed by atoms with E-state index in [0.717, 1.165) is 16.4 Å². The Kier molecular flexibility index (Phi) is 6.69. The van der Waals surface area contributed by atoms with Crippen LogP contribution in [0.2, 0.25) is 5.02 Å². The van der Waals surface area contributed by atoms with Crippen molar-refractivity contribution in [2.75, 3.05) is 6.54 Å². The topological polar surface area (TPSA) is 110 Å². The summed E-state index contributed by atoms with van der Waals surface area (Å²) in [6.45, 7) is 0.107. The second-order valence-corrected chi connectivity index (χ2v) is 9.18. The lowest BCUT2D eigenvalue weighted by atomic mass is 10.1. The van der Waals surface area contributed by atoms with Crippen LogP contribution in [0.15, 0.2) is 47.4 Å². The summed E-state index contributed by atoms with van der Waals surface area (Å²) in [5.41, 5.74) is -0.570. The van der Waals surface area contributed by atoms with E-state index in [-0.39, 0.29) is 17.0 Å². The van der Waals surface area contributed by atoms with Crippen LogP contribution < -0.4 is 5.32 Å². The fraction of sp³-hybridized carbons (Fsp3) is 0.316. The minimum Gasteiger partial charge on any atom is -0.355 e. The molecule has 0 unspecified atom stereocenters. The summed E-state index contributed by atoms with van der Waals surface area (Å²) in [5.74, 6) is -1.47. The highest BCUT2D eigenvalue weighted by molar-refractivity contribution is 7.89. The lowest BCUT2D eigenvalue weighted by Gasteiger charge is -2.29. The molecule has 30 heavy (non-hydrogen) atoms. The molecule has 160 valence electrons. The number of hydrogen-bond acceptors (Lipinski definition) is 5. The van der Waals surface area contributed by atoms with E-state index in [1.165, 1.54) is 30.3 Å². The Morgan fingerprint density at radius 2 is 1.90 bits per heavy atom. The van der Waals surface area contributed by atoms with Crippen LogP contribution in [-0.2, 0) is 21.4 Å². The highest BCUT2D eigenvalue weighted by Crippen LogP contribution is 2.27. The smallest absolute Gasteiger partial charge is 0.305 e. The van der Waals surface area contributed by atoms with Crippen molar-refractivity contribution in [1.29, 1.82) is 0 Å². The number of nitrogens with one attached hydrogen (secondary N) is 1. The molecule has 1 heterocycles. The van der Waals surface area contributed by atoms with Gasteiger partial charge in [-0.25, -0.2) is 8.42 Å². The first kappa shape index (κ1) is 22.1. The second-order valence-electron chi connectivity index (χ2n) is 6.85. The summed E-state index contributed by atoms with van der Waals surface area (Å²) in [5, 5.41) is 14.1. The number of nitro benzene ring substituents is 1. The van der Waals surface area contributed by atoms with Gasteiger partial charge in [0, 0.05) is 24.2 Å². The van der Waals surface area contributed by atoms with E-state index in [1.807, 2.05) is 0 Å². The zero-order valence-corrected chi connectivity index (χ0v) is 17.3. The SMILES string of the molecule is O=C1NCCCC[C@H]1N(Cc1ccc(F)c([N+](=O)[O-])c1)S(=O)(=O)c1ccc(Cl)cc1. The van der Waals surface area contributed by atoms with Crippen molar-refractivity contribution in [1.82, 2.24) is 9.62 Å². The fourth-order valence-electron chi connectivity index (χ4n) is 3.28. The van der Waals surface area contributed by atoms with Gasteiger partial charge in [0.05, 0.1) is 9.82 Å². The molecule has 2 aromatic carbocycles. The van der Waals surface area contributed by atoms with Gasteiger partial charge in [0.15, 0.2) is 0 Å². The van der Waals surface area contributed by atoms with Crippen molar-refractivity contribution in [2.45, 2.75) is 36.7 Å². The number of carbonyl (C=O) groups is 1. The molecule has 0 spiro atoms. The van der Waals surface area contributed by atoms with E-state index in [4.69, 9.17) is 11.6 Å².